The van der Waals surface area contributed by atoms with Gasteiger partial charge in [0.2, 0.25) is 0 Å². The topological polar surface area (TPSA) is 63.7 Å². The first-order chi connectivity index (χ1) is 10.8. The van der Waals surface area contributed by atoms with Crippen molar-refractivity contribution in [3.05, 3.63) is 71.5 Å². The van der Waals surface area contributed by atoms with E-state index >= 15 is 0 Å². The fourth-order valence-corrected chi connectivity index (χ4v) is 2.15. The lowest BCUT2D eigenvalue weighted by Crippen LogP contribution is -2.07. The molecule has 0 spiro atoms. The summed E-state index contributed by atoms with van der Waals surface area (Å²) < 4.78 is 7.38. The molecule has 0 aliphatic carbocycles. The summed E-state index contributed by atoms with van der Waals surface area (Å²) in [6, 6.07) is 19.4. The minimum atomic E-state index is 0.230. The summed E-state index contributed by atoms with van der Waals surface area (Å²) >= 11 is 0. The highest BCUT2D eigenvalue weighted by atomic mass is 16.5. The number of hydrogen-bond acceptors (Lipinski definition) is 4. The molecule has 1 heterocycles. The first-order valence-corrected chi connectivity index (χ1v) is 6.87. The molecule has 0 saturated heterocycles. The summed E-state index contributed by atoms with van der Waals surface area (Å²) in [5, 5.41) is 17.2. The van der Waals surface area contributed by atoms with Crippen LogP contribution in [0.3, 0.4) is 0 Å². The summed E-state index contributed by atoms with van der Waals surface area (Å²) in [6.07, 6.45) is 0. The largest absolute Gasteiger partial charge is 0.487 e. The van der Waals surface area contributed by atoms with E-state index in [0.29, 0.717) is 5.69 Å². The van der Waals surface area contributed by atoms with Crippen molar-refractivity contribution in [2.24, 2.45) is 0 Å². The van der Waals surface area contributed by atoms with Gasteiger partial charge in [-0.1, -0.05) is 35.5 Å². The lowest BCUT2D eigenvalue weighted by atomic mass is 10.2. The van der Waals surface area contributed by atoms with Gasteiger partial charge in [-0.05, 0) is 36.8 Å². The van der Waals surface area contributed by atoms with E-state index in [1.165, 1.54) is 0 Å². The summed E-state index contributed by atoms with van der Waals surface area (Å²) in [6.45, 7) is 2.24. The molecule has 0 radical (unpaired) electrons. The van der Waals surface area contributed by atoms with Crippen LogP contribution in [0.5, 0.6) is 5.75 Å². The Labute approximate surface area is 128 Å². The van der Waals surface area contributed by atoms with Gasteiger partial charge in [-0.2, -0.15) is 5.26 Å². The van der Waals surface area contributed by atoms with Gasteiger partial charge in [0.05, 0.1) is 5.69 Å². The first kappa shape index (κ1) is 13.8. The number of benzene rings is 2. The minimum absolute atomic E-state index is 0.230. The number of nitrogens with zero attached hydrogens (tertiary/aromatic N) is 4. The molecule has 108 valence electrons. The highest BCUT2D eigenvalue weighted by Gasteiger charge is 2.15. The van der Waals surface area contributed by atoms with Crippen LogP contribution < -0.4 is 4.74 Å². The van der Waals surface area contributed by atoms with E-state index in [0.717, 1.165) is 17.0 Å². The predicted octanol–water partition coefficient (Wildman–Crippen LogP) is 3.03. The highest BCUT2D eigenvalue weighted by molar-refractivity contribution is 5.38. The molecule has 3 aromatic rings. The second kappa shape index (κ2) is 6.10. The Hall–Kier alpha value is -3.13. The third kappa shape index (κ3) is 2.81. The Kier molecular flexibility index (Phi) is 3.84. The van der Waals surface area contributed by atoms with E-state index < -0.39 is 0 Å². The number of aromatic nitrogens is 3. The molecule has 0 aliphatic rings. The van der Waals surface area contributed by atoms with Crippen LogP contribution in [0.1, 0.15) is 17.0 Å². The average molecular weight is 290 g/mol. The van der Waals surface area contributed by atoms with E-state index in [9.17, 15) is 5.26 Å². The fourth-order valence-electron chi connectivity index (χ4n) is 2.15. The van der Waals surface area contributed by atoms with Crippen molar-refractivity contribution in [2.45, 2.75) is 13.5 Å². The predicted molar refractivity (Wildman–Crippen MR) is 81.6 cm³/mol. The quantitative estimate of drug-likeness (QED) is 0.741. The number of ether oxygens (including phenoxy) is 1. The van der Waals surface area contributed by atoms with Gasteiger partial charge < -0.3 is 4.74 Å². The van der Waals surface area contributed by atoms with E-state index in [4.69, 9.17) is 4.74 Å². The number of nitriles is 1. The molecule has 0 amide bonds. The Morgan fingerprint density at radius 1 is 1.14 bits per heavy atom. The summed E-state index contributed by atoms with van der Waals surface area (Å²) in [4.78, 5) is 0. The summed E-state index contributed by atoms with van der Waals surface area (Å²) in [7, 11) is 0. The number of hydrogen-bond donors (Lipinski definition) is 0. The van der Waals surface area contributed by atoms with Crippen LogP contribution in [-0.2, 0) is 6.61 Å². The van der Waals surface area contributed by atoms with Gasteiger partial charge in [-0.3, -0.25) is 0 Å². The molecule has 0 saturated carbocycles. The highest BCUT2D eigenvalue weighted by Crippen LogP contribution is 2.17. The molecule has 5 nitrogen and oxygen atoms in total. The molecule has 2 aromatic carbocycles. The third-order valence-electron chi connectivity index (χ3n) is 3.23. The normalized spacial score (nSPS) is 10.2. The van der Waals surface area contributed by atoms with Crippen LogP contribution in [0.25, 0.3) is 5.69 Å². The van der Waals surface area contributed by atoms with Crippen molar-refractivity contribution in [1.82, 2.24) is 15.0 Å². The molecule has 22 heavy (non-hydrogen) atoms. The molecule has 0 atom stereocenters. The van der Waals surface area contributed by atoms with Gasteiger partial charge in [0.25, 0.3) is 0 Å². The molecule has 0 bridgehead atoms. The van der Waals surface area contributed by atoms with Crippen molar-refractivity contribution in [2.75, 3.05) is 0 Å². The van der Waals surface area contributed by atoms with Crippen molar-refractivity contribution in [3.63, 3.8) is 0 Å². The van der Waals surface area contributed by atoms with Crippen LogP contribution in [-0.4, -0.2) is 15.0 Å². The van der Waals surface area contributed by atoms with Gasteiger partial charge in [-0.25, -0.2) is 4.68 Å². The first-order valence-electron chi connectivity index (χ1n) is 6.87. The molecule has 0 fully saturated rings. The molecule has 0 aliphatic heterocycles. The Balaban J connectivity index is 1.93. The zero-order chi connectivity index (χ0) is 15.4. The molecular weight excluding hydrogens is 276 g/mol. The van der Waals surface area contributed by atoms with E-state index in [1.807, 2.05) is 61.5 Å². The third-order valence-corrected chi connectivity index (χ3v) is 3.23. The van der Waals surface area contributed by atoms with Crippen LogP contribution in [0.15, 0.2) is 54.6 Å². The molecule has 0 unspecified atom stereocenters. The zero-order valence-corrected chi connectivity index (χ0v) is 12.1. The SMILES string of the molecule is Cc1cccc(-n2nnc(C#N)c2COc2ccccc2)c1. The Morgan fingerprint density at radius 2 is 1.95 bits per heavy atom. The van der Waals surface area contributed by atoms with Crippen LogP contribution in [0.2, 0.25) is 0 Å². The number of para-hydroxylation sites is 1. The van der Waals surface area contributed by atoms with E-state index in [1.54, 1.807) is 4.68 Å². The Morgan fingerprint density at radius 3 is 2.68 bits per heavy atom. The molecular formula is C17H14N4O. The van der Waals surface area contributed by atoms with Crippen LogP contribution >= 0.6 is 0 Å². The van der Waals surface area contributed by atoms with Gasteiger partial charge in [0.1, 0.15) is 24.1 Å². The second-order valence-electron chi connectivity index (χ2n) is 4.85. The second-order valence-corrected chi connectivity index (χ2v) is 4.85. The van der Waals surface area contributed by atoms with Crippen LogP contribution in [0, 0.1) is 18.3 Å². The van der Waals surface area contributed by atoms with E-state index in [2.05, 4.69) is 16.4 Å². The Bertz CT molecular complexity index is 818. The van der Waals surface area contributed by atoms with Crippen molar-refractivity contribution < 1.29 is 4.74 Å². The van der Waals surface area contributed by atoms with Crippen molar-refractivity contribution in [1.29, 1.82) is 5.26 Å². The standard InChI is InChI=1S/C17H14N4O/c1-13-6-5-7-14(10-13)21-17(16(11-18)19-20-21)12-22-15-8-3-2-4-9-15/h2-10H,12H2,1H3. The summed E-state index contributed by atoms with van der Waals surface area (Å²) in [5.41, 5.74) is 2.89. The van der Waals surface area contributed by atoms with Crippen LogP contribution in [0.4, 0.5) is 0 Å². The van der Waals surface area contributed by atoms with Gasteiger partial charge in [-0.15, -0.1) is 5.10 Å². The van der Waals surface area contributed by atoms with Crippen molar-refractivity contribution in [3.8, 4) is 17.5 Å². The van der Waals surface area contributed by atoms with Gasteiger partial charge in [0.15, 0.2) is 5.69 Å². The molecule has 3 rings (SSSR count). The minimum Gasteiger partial charge on any atom is -0.487 e. The smallest absolute Gasteiger partial charge is 0.189 e. The lowest BCUT2D eigenvalue weighted by molar-refractivity contribution is 0.297. The number of aryl methyl sites for hydroxylation is 1. The monoisotopic (exact) mass is 290 g/mol. The molecule has 1 aromatic heterocycles. The molecule has 0 N–H and O–H groups in total. The van der Waals surface area contributed by atoms with Crippen molar-refractivity contribution >= 4 is 0 Å². The zero-order valence-electron chi connectivity index (χ0n) is 12.1. The maximum absolute atomic E-state index is 9.21. The maximum Gasteiger partial charge on any atom is 0.189 e. The lowest BCUT2D eigenvalue weighted by Gasteiger charge is -2.09. The summed E-state index contributed by atoms with van der Waals surface area (Å²) in [5.74, 6) is 0.739. The fraction of sp³-hybridized carbons (Fsp3) is 0.118. The maximum atomic E-state index is 9.21. The molecule has 5 heteroatoms. The average Bonchev–Trinajstić information content (AvgIpc) is 2.97. The van der Waals surface area contributed by atoms with Gasteiger partial charge in [0, 0.05) is 0 Å². The van der Waals surface area contributed by atoms with Gasteiger partial charge >= 0.3 is 0 Å². The van der Waals surface area contributed by atoms with E-state index in [-0.39, 0.29) is 12.3 Å². The number of rotatable bonds is 4.